The Kier molecular flexibility index (Phi) is 5.76. The van der Waals surface area contributed by atoms with E-state index in [2.05, 4.69) is 9.93 Å². The van der Waals surface area contributed by atoms with Crippen LogP contribution in [0.3, 0.4) is 0 Å². The zero-order valence-corrected chi connectivity index (χ0v) is 14.6. The zero-order chi connectivity index (χ0) is 18.4. The van der Waals surface area contributed by atoms with E-state index in [1.54, 1.807) is 43.3 Å². The van der Waals surface area contributed by atoms with Gasteiger partial charge in [0.05, 0.1) is 11.1 Å². The van der Waals surface area contributed by atoms with E-state index in [9.17, 15) is 13.2 Å². The first-order valence-corrected chi connectivity index (χ1v) is 8.83. The van der Waals surface area contributed by atoms with Crippen LogP contribution < -0.4 is 9.57 Å². The minimum absolute atomic E-state index is 0.182. The third kappa shape index (κ3) is 5.32. The lowest BCUT2D eigenvalue weighted by Gasteiger charge is -2.07. The average Bonchev–Trinajstić information content (AvgIpc) is 2.56. The van der Waals surface area contributed by atoms with Crippen molar-refractivity contribution in [2.45, 2.75) is 18.7 Å². The minimum atomic E-state index is -3.75. The summed E-state index contributed by atoms with van der Waals surface area (Å²) >= 11 is 0. The van der Waals surface area contributed by atoms with Crippen molar-refractivity contribution < 1.29 is 23.1 Å². The third-order valence-electron chi connectivity index (χ3n) is 3.26. The van der Waals surface area contributed by atoms with Crippen molar-refractivity contribution in [3.05, 3.63) is 59.2 Å². The lowest BCUT2D eigenvalue weighted by molar-refractivity contribution is -0.139. The molecule has 2 aromatic rings. The summed E-state index contributed by atoms with van der Waals surface area (Å²) in [6, 6.07) is 11.6. The number of benzene rings is 2. The maximum absolute atomic E-state index is 12.3. The largest absolute Gasteiger partial charge is 0.482 e. The summed E-state index contributed by atoms with van der Waals surface area (Å²) in [7, 11) is -3.75. The Morgan fingerprint density at radius 1 is 1.20 bits per heavy atom. The van der Waals surface area contributed by atoms with Crippen molar-refractivity contribution in [3.63, 3.8) is 0 Å². The average molecular weight is 362 g/mol. The van der Waals surface area contributed by atoms with E-state index in [1.165, 1.54) is 6.21 Å². The number of aliphatic carboxylic acids is 1. The van der Waals surface area contributed by atoms with E-state index < -0.39 is 22.6 Å². The van der Waals surface area contributed by atoms with Gasteiger partial charge in [0.1, 0.15) is 5.75 Å². The number of nitrogens with zero attached hydrogens (tertiary/aromatic N) is 1. The Hall–Kier alpha value is -2.87. The van der Waals surface area contributed by atoms with Crippen LogP contribution in [0.15, 0.2) is 52.5 Å². The number of hydrogen-bond donors (Lipinski definition) is 2. The molecule has 0 heterocycles. The summed E-state index contributed by atoms with van der Waals surface area (Å²) in [6.07, 6.45) is 1.35. The van der Waals surface area contributed by atoms with E-state index in [4.69, 9.17) is 9.84 Å². The quantitative estimate of drug-likeness (QED) is 0.579. The topological polar surface area (TPSA) is 105 Å². The predicted octanol–water partition coefficient (Wildman–Crippen LogP) is 2.08. The molecule has 0 radical (unpaired) electrons. The van der Waals surface area contributed by atoms with E-state index in [1.807, 2.05) is 13.0 Å². The third-order valence-corrected chi connectivity index (χ3v) is 4.63. The second-order valence-corrected chi connectivity index (χ2v) is 7.00. The second kappa shape index (κ2) is 7.80. The number of carboxylic acid groups (broad SMARTS) is 1. The molecule has 0 unspecified atom stereocenters. The van der Waals surface area contributed by atoms with Gasteiger partial charge in [0.15, 0.2) is 6.61 Å². The number of rotatable bonds is 7. The van der Waals surface area contributed by atoms with Gasteiger partial charge in [-0.2, -0.15) is 13.5 Å². The number of hydrazone groups is 1. The highest BCUT2D eigenvalue weighted by atomic mass is 32.2. The maximum Gasteiger partial charge on any atom is 0.341 e. The molecule has 0 spiro atoms. The molecule has 0 aliphatic rings. The summed E-state index contributed by atoms with van der Waals surface area (Å²) in [4.78, 5) is 12.8. The smallest absolute Gasteiger partial charge is 0.341 e. The molecule has 25 heavy (non-hydrogen) atoms. The van der Waals surface area contributed by atoms with Crippen LogP contribution in [0.1, 0.15) is 16.7 Å². The van der Waals surface area contributed by atoms with Crippen molar-refractivity contribution in [2.75, 3.05) is 6.61 Å². The Morgan fingerprint density at radius 3 is 2.52 bits per heavy atom. The Bertz CT molecular complexity index is 890. The van der Waals surface area contributed by atoms with Gasteiger partial charge in [-0.25, -0.2) is 9.63 Å². The van der Waals surface area contributed by atoms with Crippen molar-refractivity contribution in [2.24, 2.45) is 5.10 Å². The van der Waals surface area contributed by atoms with Gasteiger partial charge in [0.2, 0.25) is 0 Å². The summed E-state index contributed by atoms with van der Waals surface area (Å²) in [5.41, 5.74) is 2.10. The Morgan fingerprint density at radius 2 is 1.88 bits per heavy atom. The summed E-state index contributed by atoms with van der Waals surface area (Å²) in [6.45, 7) is 3.10. The molecule has 2 rings (SSSR count). The standard InChI is InChI=1S/C17H18N2O5S/c1-12-3-4-13(2)16(9-12)25(22,23)19-18-10-14-5-7-15(8-6-14)24-11-17(20)21/h3-10,19H,11H2,1-2H3,(H,20,21)/b18-10-. The number of hydrogen-bond acceptors (Lipinski definition) is 5. The molecule has 0 aliphatic heterocycles. The van der Waals surface area contributed by atoms with Crippen LogP contribution in [0.4, 0.5) is 0 Å². The van der Waals surface area contributed by atoms with Gasteiger partial charge < -0.3 is 9.84 Å². The van der Waals surface area contributed by atoms with Gasteiger partial charge in [-0.05, 0) is 60.9 Å². The Labute approximate surface area is 146 Å². The fraction of sp³-hybridized carbons (Fsp3) is 0.176. The second-order valence-electron chi connectivity index (χ2n) is 5.37. The number of aryl methyl sites for hydroxylation is 2. The molecule has 7 nitrogen and oxygen atoms in total. The van der Waals surface area contributed by atoms with Crippen LogP contribution in [0.5, 0.6) is 5.75 Å². The van der Waals surface area contributed by atoms with Gasteiger partial charge in [-0.3, -0.25) is 0 Å². The first-order chi connectivity index (χ1) is 11.8. The molecule has 0 bridgehead atoms. The van der Waals surface area contributed by atoms with Crippen molar-refractivity contribution in [1.82, 2.24) is 4.83 Å². The first kappa shape index (κ1) is 18.5. The number of ether oxygens (including phenoxy) is 1. The van der Waals surface area contributed by atoms with Gasteiger partial charge in [-0.1, -0.05) is 12.1 Å². The molecular formula is C17H18N2O5S. The molecule has 8 heteroatoms. The van der Waals surface area contributed by atoms with E-state index in [0.29, 0.717) is 16.9 Å². The maximum atomic E-state index is 12.3. The molecule has 2 N–H and O–H groups in total. The molecule has 0 aliphatic carbocycles. The number of nitrogens with one attached hydrogen (secondary N) is 1. The highest BCUT2D eigenvalue weighted by Crippen LogP contribution is 2.16. The molecule has 2 aromatic carbocycles. The van der Waals surface area contributed by atoms with Crippen molar-refractivity contribution >= 4 is 22.2 Å². The summed E-state index contributed by atoms with van der Waals surface area (Å²) in [5.74, 6) is -0.665. The van der Waals surface area contributed by atoms with Crippen LogP contribution in [0, 0.1) is 13.8 Å². The summed E-state index contributed by atoms with van der Waals surface area (Å²) < 4.78 is 29.6. The van der Waals surface area contributed by atoms with E-state index >= 15 is 0 Å². The van der Waals surface area contributed by atoms with Crippen LogP contribution in [0.25, 0.3) is 0 Å². The van der Waals surface area contributed by atoms with Crippen LogP contribution in [0.2, 0.25) is 0 Å². The lowest BCUT2D eigenvalue weighted by atomic mass is 10.2. The molecular weight excluding hydrogens is 344 g/mol. The van der Waals surface area contributed by atoms with Crippen LogP contribution in [-0.4, -0.2) is 32.3 Å². The van der Waals surface area contributed by atoms with Gasteiger partial charge in [0, 0.05) is 0 Å². The fourth-order valence-corrected chi connectivity index (χ4v) is 3.13. The molecule has 0 saturated heterocycles. The highest BCUT2D eigenvalue weighted by Gasteiger charge is 2.15. The molecule has 0 atom stereocenters. The SMILES string of the molecule is Cc1ccc(C)c(S(=O)(=O)N/N=C\c2ccc(OCC(=O)O)cc2)c1. The van der Waals surface area contributed by atoms with E-state index in [-0.39, 0.29) is 4.90 Å². The zero-order valence-electron chi connectivity index (χ0n) is 13.8. The van der Waals surface area contributed by atoms with Gasteiger partial charge >= 0.3 is 5.97 Å². The Balaban J connectivity index is 2.04. The normalized spacial score (nSPS) is 11.4. The highest BCUT2D eigenvalue weighted by molar-refractivity contribution is 7.89. The monoisotopic (exact) mass is 362 g/mol. The minimum Gasteiger partial charge on any atom is -0.482 e. The fourth-order valence-electron chi connectivity index (χ4n) is 2.01. The van der Waals surface area contributed by atoms with Crippen molar-refractivity contribution in [1.29, 1.82) is 0 Å². The van der Waals surface area contributed by atoms with Crippen molar-refractivity contribution in [3.8, 4) is 5.75 Å². The number of carbonyl (C=O) groups is 1. The van der Waals surface area contributed by atoms with Crippen LogP contribution in [-0.2, 0) is 14.8 Å². The van der Waals surface area contributed by atoms with Gasteiger partial charge in [0.25, 0.3) is 10.0 Å². The molecule has 0 fully saturated rings. The molecule has 0 aromatic heterocycles. The molecule has 0 saturated carbocycles. The lowest BCUT2D eigenvalue weighted by Crippen LogP contribution is -2.19. The van der Waals surface area contributed by atoms with Crippen LogP contribution >= 0.6 is 0 Å². The predicted molar refractivity (Wildman–Crippen MR) is 93.4 cm³/mol. The van der Waals surface area contributed by atoms with Gasteiger partial charge in [-0.15, -0.1) is 0 Å². The summed E-state index contributed by atoms with van der Waals surface area (Å²) in [5, 5.41) is 12.3. The van der Waals surface area contributed by atoms with E-state index in [0.717, 1.165) is 5.56 Å². The first-order valence-electron chi connectivity index (χ1n) is 7.35. The number of sulfonamides is 1. The molecule has 132 valence electrons. The number of carboxylic acids is 1. The molecule has 0 amide bonds.